The Morgan fingerprint density at radius 2 is 2.03 bits per heavy atom. The summed E-state index contributed by atoms with van der Waals surface area (Å²) < 4.78 is 1.65. The first kappa shape index (κ1) is 20.9. The molecule has 10 atom stereocenters. The SMILES string of the molecule is C[C@]12CCC3C(CCC4[C@@H]3[C@H]3CC3C[C@@]4(C)O)C1CCC[C@@H]2C(=O)Cn1cc(C#N)cn1. The zero-order chi connectivity index (χ0) is 22.3. The molecule has 5 aliphatic carbocycles. The van der Waals surface area contributed by atoms with Crippen LogP contribution in [0.4, 0.5) is 0 Å². The summed E-state index contributed by atoms with van der Waals surface area (Å²) in [6, 6.07) is 2.11. The molecule has 0 radical (unpaired) electrons. The summed E-state index contributed by atoms with van der Waals surface area (Å²) in [5.41, 5.74) is 0.143. The Labute approximate surface area is 191 Å². The number of nitrogens with zero attached hydrogens (tertiary/aromatic N) is 3. The third-order valence-corrected chi connectivity index (χ3v) is 10.9. The molecule has 0 aliphatic heterocycles. The molecule has 0 aromatic carbocycles. The second-order valence-corrected chi connectivity index (χ2v) is 12.4. The van der Waals surface area contributed by atoms with E-state index in [9.17, 15) is 9.90 Å². The van der Waals surface area contributed by atoms with Crippen molar-refractivity contribution in [2.24, 2.45) is 52.8 Å². The number of fused-ring (bicyclic) bond motifs is 7. The van der Waals surface area contributed by atoms with Crippen molar-refractivity contribution >= 4 is 5.78 Å². The van der Waals surface area contributed by atoms with Gasteiger partial charge in [-0.3, -0.25) is 9.48 Å². The standard InChI is InChI=1S/C27H37N3O2/c1-26-9-8-19-18(6-7-23-25(19)20-10-17(20)11-27(23,2)32)21(26)4-3-5-22(26)24(31)15-30-14-16(12-28)13-29-30/h13-14,17-23,25,32H,3-11,15H2,1-2H3/t17?,18?,19?,20-,21?,22+,23?,25-,26-,27+/m0/s1. The van der Waals surface area contributed by atoms with Gasteiger partial charge in [-0.1, -0.05) is 13.3 Å². The van der Waals surface area contributed by atoms with Gasteiger partial charge in [-0.05, 0) is 105 Å². The van der Waals surface area contributed by atoms with Crippen LogP contribution in [0.3, 0.4) is 0 Å². The summed E-state index contributed by atoms with van der Waals surface area (Å²) in [6.45, 7) is 4.83. The molecule has 6 rings (SSSR count). The van der Waals surface area contributed by atoms with Crippen molar-refractivity contribution in [2.45, 2.75) is 83.8 Å². The van der Waals surface area contributed by atoms with Crippen LogP contribution >= 0.6 is 0 Å². The van der Waals surface area contributed by atoms with E-state index in [-0.39, 0.29) is 11.3 Å². The van der Waals surface area contributed by atoms with E-state index in [1.54, 1.807) is 17.1 Å². The number of aromatic nitrogens is 2. The summed E-state index contributed by atoms with van der Waals surface area (Å²) in [4.78, 5) is 13.5. The molecule has 1 N–H and O–H groups in total. The minimum absolute atomic E-state index is 0.0919. The molecule has 172 valence electrons. The lowest BCUT2D eigenvalue weighted by atomic mass is 9.44. The summed E-state index contributed by atoms with van der Waals surface area (Å²) in [5, 5.41) is 24.5. The molecule has 5 aliphatic rings. The third kappa shape index (κ3) is 3.05. The van der Waals surface area contributed by atoms with E-state index in [1.165, 1.54) is 32.1 Å². The number of aliphatic hydroxyl groups is 1. The van der Waals surface area contributed by atoms with Crippen LogP contribution in [0.15, 0.2) is 12.4 Å². The van der Waals surface area contributed by atoms with Gasteiger partial charge < -0.3 is 5.11 Å². The first-order chi connectivity index (χ1) is 15.3. The van der Waals surface area contributed by atoms with Gasteiger partial charge >= 0.3 is 0 Å². The molecule has 32 heavy (non-hydrogen) atoms. The van der Waals surface area contributed by atoms with Gasteiger partial charge in [0.05, 0.1) is 23.9 Å². The molecule has 5 fully saturated rings. The largest absolute Gasteiger partial charge is 0.390 e. The third-order valence-electron chi connectivity index (χ3n) is 10.9. The van der Waals surface area contributed by atoms with E-state index < -0.39 is 5.60 Å². The maximum atomic E-state index is 13.5. The van der Waals surface area contributed by atoms with Crippen LogP contribution in [0.25, 0.3) is 0 Å². The Kier molecular flexibility index (Phi) is 4.68. The zero-order valence-electron chi connectivity index (χ0n) is 19.5. The minimum Gasteiger partial charge on any atom is -0.390 e. The molecule has 5 saturated carbocycles. The number of hydrogen-bond acceptors (Lipinski definition) is 4. The molecule has 5 heteroatoms. The number of ketones is 1. The van der Waals surface area contributed by atoms with E-state index in [0.717, 1.165) is 55.3 Å². The number of nitriles is 1. The van der Waals surface area contributed by atoms with Gasteiger partial charge in [-0.25, -0.2) is 0 Å². The highest BCUT2D eigenvalue weighted by molar-refractivity contribution is 5.81. The first-order valence-electron chi connectivity index (χ1n) is 13.0. The molecule has 5 nitrogen and oxygen atoms in total. The Balaban J connectivity index is 1.23. The molecule has 0 saturated heterocycles. The first-order valence-corrected chi connectivity index (χ1v) is 13.0. The molecule has 0 bridgehead atoms. The van der Waals surface area contributed by atoms with Gasteiger partial charge in [0.15, 0.2) is 5.78 Å². The van der Waals surface area contributed by atoms with Crippen molar-refractivity contribution < 1.29 is 9.90 Å². The van der Waals surface area contributed by atoms with Crippen molar-refractivity contribution in [2.75, 3.05) is 0 Å². The fourth-order valence-electron chi connectivity index (χ4n) is 9.58. The van der Waals surface area contributed by atoms with Crippen LogP contribution in [0, 0.1) is 64.1 Å². The molecular formula is C27H37N3O2. The van der Waals surface area contributed by atoms with Gasteiger partial charge in [-0.15, -0.1) is 0 Å². The van der Waals surface area contributed by atoms with Crippen LogP contribution < -0.4 is 0 Å². The second kappa shape index (κ2) is 7.16. The maximum absolute atomic E-state index is 13.5. The smallest absolute Gasteiger partial charge is 0.157 e. The lowest BCUT2D eigenvalue weighted by molar-refractivity contribution is -0.160. The molecule has 5 unspecified atom stereocenters. The van der Waals surface area contributed by atoms with E-state index in [1.807, 2.05) is 0 Å². The Morgan fingerprint density at radius 3 is 2.81 bits per heavy atom. The molecule has 1 aromatic rings. The van der Waals surface area contributed by atoms with Gasteiger partial charge in [-0.2, -0.15) is 10.4 Å². The number of Topliss-reactive ketones (excluding diaryl/α,β-unsaturated/α-hetero) is 1. The summed E-state index contributed by atoms with van der Waals surface area (Å²) >= 11 is 0. The van der Waals surface area contributed by atoms with Gasteiger partial charge in [0.1, 0.15) is 6.07 Å². The average Bonchev–Trinajstić information content (AvgIpc) is 3.37. The van der Waals surface area contributed by atoms with Crippen molar-refractivity contribution in [3.63, 3.8) is 0 Å². The highest BCUT2D eigenvalue weighted by Gasteiger charge is 2.64. The number of hydrogen-bond donors (Lipinski definition) is 1. The Hall–Kier alpha value is -1.67. The fourth-order valence-corrected chi connectivity index (χ4v) is 9.58. The topological polar surface area (TPSA) is 78.9 Å². The molecule has 1 heterocycles. The molecule has 1 aromatic heterocycles. The average molecular weight is 436 g/mol. The van der Waals surface area contributed by atoms with Crippen molar-refractivity contribution in [3.8, 4) is 6.07 Å². The van der Waals surface area contributed by atoms with Crippen molar-refractivity contribution in [1.82, 2.24) is 9.78 Å². The normalized spacial score (nSPS) is 49.1. The summed E-state index contributed by atoms with van der Waals surface area (Å²) in [6.07, 6.45) is 13.8. The van der Waals surface area contributed by atoms with E-state index in [0.29, 0.717) is 29.7 Å². The summed E-state index contributed by atoms with van der Waals surface area (Å²) in [7, 11) is 0. The highest BCUT2D eigenvalue weighted by Crippen LogP contribution is 2.69. The Morgan fingerprint density at radius 1 is 1.19 bits per heavy atom. The quantitative estimate of drug-likeness (QED) is 0.753. The monoisotopic (exact) mass is 435 g/mol. The van der Waals surface area contributed by atoms with E-state index in [2.05, 4.69) is 25.0 Å². The number of carbonyl (C=O) groups is 1. The molecule has 0 amide bonds. The van der Waals surface area contributed by atoms with E-state index >= 15 is 0 Å². The summed E-state index contributed by atoms with van der Waals surface area (Å²) in [5.74, 6) is 5.39. The molecule has 0 spiro atoms. The van der Waals surface area contributed by atoms with Gasteiger partial charge in [0.2, 0.25) is 0 Å². The van der Waals surface area contributed by atoms with Gasteiger partial charge in [0, 0.05) is 12.1 Å². The Bertz CT molecular complexity index is 960. The predicted molar refractivity (Wildman–Crippen MR) is 120 cm³/mol. The zero-order valence-corrected chi connectivity index (χ0v) is 19.5. The van der Waals surface area contributed by atoms with Crippen molar-refractivity contribution in [3.05, 3.63) is 18.0 Å². The number of rotatable bonds is 3. The number of carbonyl (C=O) groups excluding carboxylic acids is 1. The van der Waals surface area contributed by atoms with Crippen LogP contribution in [-0.2, 0) is 11.3 Å². The minimum atomic E-state index is -0.467. The van der Waals surface area contributed by atoms with Crippen LogP contribution in [0.1, 0.15) is 77.2 Å². The lowest BCUT2D eigenvalue weighted by Crippen LogP contribution is -2.57. The van der Waals surface area contributed by atoms with Crippen LogP contribution in [0.2, 0.25) is 0 Å². The van der Waals surface area contributed by atoms with E-state index in [4.69, 9.17) is 5.26 Å². The molecular weight excluding hydrogens is 398 g/mol. The van der Waals surface area contributed by atoms with Gasteiger partial charge in [0.25, 0.3) is 0 Å². The second-order valence-electron chi connectivity index (χ2n) is 12.4. The maximum Gasteiger partial charge on any atom is 0.157 e. The van der Waals surface area contributed by atoms with Crippen molar-refractivity contribution in [1.29, 1.82) is 5.26 Å². The fraction of sp³-hybridized carbons (Fsp3) is 0.815. The van der Waals surface area contributed by atoms with Crippen LogP contribution in [0.5, 0.6) is 0 Å². The lowest BCUT2D eigenvalue weighted by Gasteiger charge is -2.61. The van der Waals surface area contributed by atoms with Crippen LogP contribution in [-0.4, -0.2) is 26.3 Å². The predicted octanol–water partition coefficient (Wildman–Crippen LogP) is 4.59. The highest BCUT2D eigenvalue weighted by atomic mass is 16.3.